The summed E-state index contributed by atoms with van der Waals surface area (Å²) in [7, 11) is 5.39. The second kappa shape index (κ2) is 3.30. The zero-order valence-corrected chi connectivity index (χ0v) is 8.80. The number of fused-ring (bicyclic) bond motifs is 1. The lowest BCUT2D eigenvalue weighted by atomic mass is 10.4. The van der Waals surface area contributed by atoms with Crippen LogP contribution in [0.1, 0.15) is 0 Å². The first kappa shape index (κ1) is 9.57. The number of aromatic nitrogens is 4. The molecule has 0 atom stereocenters. The molecule has 2 aliphatic heterocycles. The van der Waals surface area contributed by atoms with Crippen LogP contribution >= 0.6 is 0 Å². The fourth-order valence-corrected chi connectivity index (χ4v) is 1.25. The van der Waals surface area contributed by atoms with E-state index in [4.69, 9.17) is 0 Å². The predicted molar refractivity (Wildman–Crippen MR) is 56.0 cm³/mol. The van der Waals surface area contributed by atoms with E-state index < -0.39 is 0 Å². The van der Waals surface area contributed by atoms with Gasteiger partial charge in [0, 0.05) is 33.5 Å². The van der Waals surface area contributed by atoms with E-state index in [1.807, 2.05) is 7.05 Å². The molecule has 0 aromatic carbocycles. The summed E-state index contributed by atoms with van der Waals surface area (Å²) in [6.45, 7) is 0. The van der Waals surface area contributed by atoms with Gasteiger partial charge in [-0.1, -0.05) is 0 Å². The normalized spacial score (nSPS) is 10.6. The monoisotopic (exact) mass is 205 g/mol. The zero-order valence-electron chi connectivity index (χ0n) is 8.80. The Kier molecular flexibility index (Phi) is 2.11. The topological polar surface area (TPSA) is 63.9 Å². The first-order valence-corrected chi connectivity index (χ1v) is 4.46. The van der Waals surface area contributed by atoms with Gasteiger partial charge < -0.3 is 9.47 Å². The fourth-order valence-electron chi connectivity index (χ4n) is 1.25. The molecule has 0 bridgehead atoms. The summed E-state index contributed by atoms with van der Waals surface area (Å²) in [4.78, 5) is 25.3. The summed E-state index contributed by atoms with van der Waals surface area (Å²) in [6.07, 6.45) is 3.30. The van der Waals surface area contributed by atoms with Crippen LogP contribution in [0.5, 0.6) is 0 Å². The van der Waals surface area contributed by atoms with Crippen LogP contribution in [0.2, 0.25) is 0 Å². The predicted octanol–water partition coefficient (Wildman–Crippen LogP) is -0.259. The van der Waals surface area contributed by atoms with Gasteiger partial charge in [0.2, 0.25) is 5.95 Å². The van der Waals surface area contributed by atoms with Crippen molar-refractivity contribution in [3.63, 3.8) is 0 Å². The molecule has 6 heteroatoms. The van der Waals surface area contributed by atoms with E-state index in [0.29, 0.717) is 17.5 Å². The van der Waals surface area contributed by atoms with Gasteiger partial charge >= 0.3 is 5.56 Å². The van der Waals surface area contributed by atoms with Gasteiger partial charge in [-0.2, -0.15) is 9.97 Å². The minimum atomic E-state index is -0.347. The van der Waals surface area contributed by atoms with Crippen LogP contribution in [-0.4, -0.2) is 33.6 Å². The van der Waals surface area contributed by atoms with Gasteiger partial charge in [-0.05, 0) is 0 Å². The average molecular weight is 205 g/mol. The van der Waals surface area contributed by atoms with Crippen LogP contribution < -0.4 is 10.5 Å². The highest BCUT2D eigenvalue weighted by Crippen LogP contribution is 2.12. The lowest BCUT2D eigenvalue weighted by Crippen LogP contribution is -2.23. The second-order valence-electron chi connectivity index (χ2n) is 3.43. The van der Waals surface area contributed by atoms with E-state index in [0.717, 1.165) is 0 Å². The molecule has 2 heterocycles. The maximum Gasteiger partial charge on any atom is 0.302 e. The highest BCUT2D eigenvalue weighted by Gasteiger charge is 2.15. The Labute approximate surface area is 86.6 Å². The lowest BCUT2D eigenvalue weighted by Gasteiger charge is -2.13. The molecule has 15 heavy (non-hydrogen) atoms. The van der Waals surface area contributed by atoms with Crippen molar-refractivity contribution in [2.24, 2.45) is 7.05 Å². The molecule has 0 saturated heterocycles. The van der Waals surface area contributed by atoms with Crippen molar-refractivity contribution in [2.75, 3.05) is 19.0 Å². The van der Waals surface area contributed by atoms with Crippen LogP contribution in [-0.2, 0) is 7.05 Å². The molecular weight excluding hydrogens is 194 g/mol. The second-order valence-corrected chi connectivity index (χ2v) is 3.43. The van der Waals surface area contributed by atoms with Crippen LogP contribution in [0.3, 0.4) is 0 Å². The molecule has 0 saturated carbocycles. The van der Waals surface area contributed by atoms with Gasteiger partial charge in [0.25, 0.3) is 0 Å². The zero-order chi connectivity index (χ0) is 11.0. The maximum atomic E-state index is 11.6. The molecule has 0 amide bonds. The van der Waals surface area contributed by atoms with E-state index in [9.17, 15) is 4.79 Å². The third-order valence-corrected chi connectivity index (χ3v) is 2.05. The number of rotatable bonds is 1. The first-order valence-electron chi connectivity index (χ1n) is 4.46. The fraction of sp³-hybridized carbons (Fsp3) is 0.333. The summed E-state index contributed by atoms with van der Waals surface area (Å²) in [5.74, 6) is 0.942. The summed E-state index contributed by atoms with van der Waals surface area (Å²) >= 11 is 0. The Balaban J connectivity index is 2.79. The minimum Gasteiger partial charge on any atom is -0.347 e. The van der Waals surface area contributed by atoms with E-state index in [1.54, 1.807) is 36.0 Å². The highest BCUT2D eigenvalue weighted by atomic mass is 16.1. The maximum absolute atomic E-state index is 11.6. The van der Waals surface area contributed by atoms with Crippen LogP contribution in [0, 0.1) is 0 Å². The molecule has 0 fully saturated rings. The molecule has 0 unspecified atom stereocenters. The van der Waals surface area contributed by atoms with E-state index in [1.165, 1.54) is 0 Å². The molecule has 0 aliphatic carbocycles. The van der Waals surface area contributed by atoms with Gasteiger partial charge in [-0.15, -0.1) is 0 Å². The van der Waals surface area contributed by atoms with Crippen molar-refractivity contribution in [3.8, 4) is 11.5 Å². The van der Waals surface area contributed by atoms with Crippen LogP contribution in [0.25, 0.3) is 11.5 Å². The molecule has 78 valence electrons. The minimum absolute atomic E-state index is 0.297. The smallest absolute Gasteiger partial charge is 0.302 e. The van der Waals surface area contributed by atoms with Crippen molar-refractivity contribution in [3.05, 3.63) is 22.7 Å². The van der Waals surface area contributed by atoms with Gasteiger partial charge in [0.1, 0.15) is 0 Å². The standard InChI is InChI=1S/C9H11N5O/c1-13(2)9-11-7-6(8(15)12-9)10-4-5-14(7)3/h4-5H,1-3H3. The van der Waals surface area contributed by atoms with Crippen molar-refractivity contribution in [2.45, 2.75) is 0 Å². The molecule has 0 N–H and O–H groups in total. The van der Waals surface area contributed by atoms with Gasteiger partial charge in [-0.25, -0.2) is 4.98 Å². The number of hydrogen-bond donors (Lipinski definition) is 0. The number of hydrogen-bond acceptors (Lipinski definition) is 5. The Morgan fingerprint density at radius 3 is 2.73 bits per heavy atom. The van der Waals surface area contributed by atoms with Crippen LogP contribution in [0.15, 0.2) is 17.2 Å². The lowest BCUT2D eigenvalue weighted by molar-refractivity contribution is 0.835. The molecule has 0 aromatic heterocycles. The van der Waals surface area contributed by atoms with Crippen molar-refractivity contribution in [1.29, 1.82) is 0 Å². The third kappa shape index (κ3) is 1.54. The molecular formula is C9H11N5O. The molecule has 2 rings (SSSR count). The first-order chi connectivity index (χ1) is 7.09. The largest absolute Gasteiger partial charge is 0.347 e. The van der Waals surface area contributed by atoms with Gasteiger partial charge in [0.15, 0.2) is 11.5 Å². The molecule has 2 aliphatic rings. The number of anilines is 1. The summed E-state index contributed by atoms with van der Waals surface area (Å²) in [5.41, 5.74) is -0.0505. The van der Waals surface area contributed by atoms with Crippen molar-refractivity contribution < 1.29 is 0 Å². The van der Waals surface area contributed by atoms with Gasteiger partial charge in [0.05, 0.1) is 0 Å². The summed E-state index contributed by atoms with van der Waals surface area (Å²) in [5, 5.41) is 0. The third-order valence-electron chi connectivity index (χ3n) is 2.05. The molecule has 0 radical (unpaired) electrons. The number of aryl methyl sites for hydroxylation is 1. The van der Waals surface area contributed by atoms with Crippen molar-refractivity contribution >= 4 is 5.95 Å². The molecule has 0 aromatic rings. The Morgan fingerprint density at radius 2 is 2.07 bits per heavy atom. The van der Waals surface area contributed by atoms with E-state index in [-0.39, 0.29) is 5.56 Å². The molecule has 0 spiro atoms. The van der Waals surface area contributed by atoms with E-state index >= 15 is 0 Å². The Bertz CT molecular complexity index is 519. The quantitative estimate of drug-likeness (QED) is 0.642. The average Bonchev–Trinajstić information content (AvgIpc) is 2.19. The van der Waals surface area contributed by atoms with Crippen molar-refractivity contribution in [1.82, 2.24) is 19.5 Å². The Morgan fingerprint density at radius 1 is 1.33 bits per heavy atom. The Hall–Kier alpha value is -1.98. The highest BCUT2D eigenvalue weighted by molar-refractivity contribution is 5.51. The molecule has 6 nitrogen and oxygen atoms in total. The van der Waals surface area contributed by atoms with E-state index in [2.05, 4.69) is 15.0 Å². The number of nitrogens with zero attached hydrogens (tertiary/aromatic N) is 5. The summed E-state index contributed by atoms with van der Waals surface area (Å²) < 4.78 is 1.75. The summed E-state index contributed by atoms with van der Waals surface area (Å²) in [6, 6.07) is 0. The van der Waals surface area contributed by atoms with Crippen LogP contribution in [0.4, 0.5) is 5.95 Å². The SMILES string of the molecule is CN(C)c1nc2n(C)ccnc-2c(=O)n1. The van der Waals surface area contributed by atoms with Gasteiger partial charge in [-0.3, -0.25) is 4.79 Å².